The number of ether oxygens (including phenoxy) is 1. The van der Waals surface area contributed by atoms with E-state index in [0.717, 1.165) is 5.75 Å². The molecule has 20 heavy (non-hydrogen) atoms. The maximum atomic E-state index is 5.54. The van der Waals surface area contributed by atoms with Gasteiger partial charge in [-0.15, -0.1) is 0 Å². The standard InChI is InChI=1S/C18H21NO/c1-3-20-15-9-11-17(13(2)12-15)19-18-10-8-14-6-4-5-7-16(14)18/h4-7,9,11-12,18-19H,3,8,10H2,1-2H3. The predicted molar refractivity (Wildman–Crippen MR) is 83.5 cm³/mol. The summed E-state index contributed by atoms with van der Waals surface area (Å²) in [5.74, 6) is 0.947. The van der Waals surface area contributed by atoms with E-state index in [1.54, 1.807) is 0 Å². The van der Waals surface area contributed by atoms with Gasteiger partial charge in [-0.3, -0.25) is 0 Å². The normalized spacial score (nSPS) is 16.8. The number of fused-ring (bicyclic) bond motifs is 1. The molecule has 0 aliphatic heterocycles. The number of nitrogens with one attached hydrogen (secondary N) is 1. The average Bonchev–Trinajstić information content (AvgIpc) is 2.86. The van der Waals surface area contributed by atoms with Gasteiger partial charge in [0.2, 0.25) is 0 Å². The molecule has 0 fully saturated rings. The molecule has 2 aromatic rings. The number of aryl methyl sites for hydroxylation is 2. The molecule has 2 aromatic carbocycles. The number of anilines is 1. The zero-order valence-corrected chi connectivity index (χ0v) is 12.1. The van der Waals surface area contributed by atoms with E-state index in [4.69, 9.17) is 4.74 Å². The largest absolute Gasteiger partial charge is 0.494 e. The molecular formula is C18H21NO. The van der Waals surface area contributed by atoms with Gasteiger partial charge in [-0.25, -0.2) is 0 Å². The van der Waals surface area contributed by atoms with Crippen LogP contribution in [-0.2, 0) is 6.42 Å². The third-order valence-corrected chi connectivity index (χ3v) is 3.97. The van der Waals surface area contributed by atoms with Crippen LogP contribution in [0.4, 0.5) is 5.69 Å². The summed E-state index contributed by atoms with van der Waals surface area (Å²) < 4.78 is 5.54. The van der Waals surface area contributed by atoms with Crippen molar-refractivity contribution in [1.82, 2.24) is 0 Å². The topological polar surface area (TPSA) is 21.3 Å². The fourth-order valence-corrected chi connectivity index (χ4v) is 2.95. The summed E-state index contributed by atoms with van der Waals surface area (Å²) in [6.45, 7) is 4.85. The monoisotopic (exact) mass is 267 g/mol. The molecule has 3 rings (SSSR count). The van der Waals surface area contributed by atoms with Crippen molar-refractivity contribution >= 4 is 5.69 Å². The van der Waals surface area contributed by atoms with Crippen LogP contribution < -0.4 is 10.1 Å². The molecule has 1 N–H and O–H groups in total. The van der Waals surface area contributed by atoms with Gasteiger partial charge < -0.3 is 10.1 Å². The van der Waals surface area contributed by atoms with Gasteiger partial charge in [-0.05, 0) is 61.6 Å². The maximum absolute atomic E-state index is 5.54. The van der Waals surface area contributed by atoms with Crippen LogP contribution >= 0.6 is 0 Å². The quantitative estimate of drug-likeness (QED) is 0.881. The highest BCUT2D eigenvalue weighted by Gasteiger charge is 2.21. The minimum absolute atomic E-state index is 0.433. The Bertz CT molecular complexity index is 606. The van der Waals surface area contributed by atoms with Crippen molar-refractivity contribution in [2.24, 2.45) is 0 Å². The van der Waals surface area contributed by atoms with Gasteiger partial charge in [0.05, 0.1) is 12.6 Å². The third kappa shape index (κ3) is 2.51. The van der Waals surface area contributed by atoms with Crippen molar-refractivity contribution in [3.8, 4) is 5.75 Å². The van der Waals surface area contributed by atoms with Crippen LogP contribution in [0.25, 0.3) is 0 Å². The molecule has 0 spiro atoms. The Morgan fingerprint density at radius 2 is 2.05 bits per heavy atom. The third-order valence-electron chi connectivity index (χ3n) is 3.97. The molecular weight excluding hydrogens is 246 g/mol. The van der Waals surface area contributed by atoms with Crippen LogP contribution in [0.15, 0.2) is 42.5 Å². The van der Waals surface area contributed by atoms with Crippen LogP contribution in [0.3, 0.4) is 0 Å². The molecule has 0 saturated carbocycles. The zero-order chi connectivity index (χ0) is 13.9. The highest BCUT2D eigenvalue weighted by Crippen LogP contribution is 2.34. The lowest BCUT2D eigenvalue weighted by Gasteiger charge is -2.18. The average molecular weight is 267 g/mol. The van der Waals surface area contributed by atoms with Crippen LogP contribution in [0, 0.1) is 6.92 Å². The van der Waals surface area contributed by atoms with Crippen molar-refractivity contribution in [1.29, 1.82) is 0 Å². The van der Waals surface area contributed by atoms with E-state index in [1.165, 1.54) is 35.2 Å². The summed E-state index contributed by atoms with van der Waals surface area (Å²) in [5, 5.41) is 3.68. The minimum atomic E-state index is 0.433. The van der Waals surface area contributed by atoms with E-state index < -0.39 is 0 Å². The van der Waals surface area contributed by atoms with Crippen LogP contribution in [0.1, 0.15) is 36.1 Å². The molecule has 104 valence electrons. The molecule has 2 heteroatoms. The van der Waals surface area contributed by atoms with E-state index >= 15 is 0 Å². The first-order chi connectivity index (χ1) is 9.78. The van der Waals surface area contributed by atoms with Crippen molar-refractivity contribution < 1.29 is 4.74 Å². The van der Waals surface area contributed by atoms with Crippen LogP contribution in [0.2, 0.25) is 0 Å². The first kappa shape index (κ1) is 13.0. The molecule has 1 unspecified atom stereocenters. The molecule has 0 saturated heterocycles. The fraction of sp³-hybridized carbons (Fsp3) is 0.333. The summed E-state index contributed by atoms with van der Waals surface area (Å²) in [7, 11) is 0. The van der Waals surface area contributed by atoms with Gasteiger partial charge >= 0.3 is 0 Å². The number of rotatable bonds is 4. The molecule has 2 nitrogen and oxygen atoms in total. The lowest BCUT2D eigenvalue weighted by atomic mass is 10.1. The number of hydrogen-bond acceptors (Lipinski definition) is 2. The van der Waals surface area contributed by atoms with E-state index in [9.17, 15) is 0 Å². The van der Waals surface area contributed by atoms with E-state index in [-0.39, 0.29) is 0 Å². The smallest absolute Gasteiger partial charge is 0.119 e. The predicted octanol–water partition coefficient (Wildman–Crippen LogP) is 4.49. The summed E-state index contributed by atoms with van der Waals surface area (Å²) >= 11 is 0. The van der Waals surface area contributed by atoms with Gasteiger partial charge in [0.15, 0.2) is 0 Å². The molecule has 0 aromatic heterocycles. The number of hydrogen-bond donors (Lipinski definition) is 1. The summed E-state index contributed by atoms with van der Waals surface area (Å²) in [4.78, 5) is 0. The Morgan fingerprint density at radius 1 is 1.20 bits per heavy atom. The second-order valence-corrected chi connectivity index (χ2v) is 5.34. The SMILES string of the molecule is CCOc1ccc(NC2CCc3ccccc32)c(C)c1. The van der Waals surface area contributed by atoms with Gasteiger partial charge in [0.25, 0.3) is 0 Å². The minimum Gasteiger partial charge on any atom is -0.494 e. The molecule has 1 atom stereocenters. The highest BCUT2D eigenvalue weighted by molar-refractivity contribution is 5.56. The molecule has 1 aliphatic carbocycles. The summed E-state index contributed by atoms with van der Waals surface area (Å²) in [6, 6.07) is 15.4. The van der Waals surface area contributed by atoms with Gasteiger partial charge in [0, 0.05) is 5.69 Å². The zero-order valence-electron chi connectivity index (χ0n) is 12.1. The Hall–Kier alpha value is -1.96. The van der Waals surface area contributed by atoms with E-state index in [2.05, 4.69) is 48.6 Å². The fourth-order valence-electron chi connectivity index (χ4n) is 2.95. The van der Waals surface area contributed by atoms with Gasteiger partial charge in [-0.1, -0.05) is 24.3 Å². The van der Waals surface area contributed by atoms with E-state index in [1.807, 2.05) is 13.0 Å². The molecule has 1 aliphatic rings. The Kier molecular flexibility index (Phi) is 3.64. The molecule has 0 amide bonds. The summed E-state index contributed by atoms with van der Waals surface area (Å²) in [5.41, 5.74) is 5.37. The Labute approximate surface area is 120 Å². The maximum Gasteiger partial charge on any atom is 0.119 e. The van der Waals surface area contributed by atoms with Crippen molar-refractivity contribution in [3.05, 3.63) is 59.2 Å². The van der Waals surface area contributed by atoms with Crippen LogP contribution in [0.5, 0.6) is 5.75 Å². The van der Waals surface area contributed by atoms with Crippen molar-refractivity contribution in [2.75, 3.05) is 11.9 Å². The Morgan fingerprint density at radius 3 is 2.85 bits per heavy atom. The van der Waals surface area contributed by atoms with Crippen molar-refractivity contribution in [3.63, 3.8) is 0 Å². The second-order valence-electron chi connectivity index (χ2n) is 5.34. The molecule has 0 radical (unpaired) electrons. The molecule has 0 bridgehead atoms. The first-order valence-corrected chi connectivity index (χ1v) is 7.35. The first-order valence-electron chi connectivity index (χ1n) is 7.35. The van der Waals surface area contributed by atoms with Crippen LogP contribution in [-0.4, -0.2) is 6.61 Å². The van der Waals surface area contributed by atoms with Gasteiger partial charge in [-0.2, -0.15) is 0 Å². The van der Waals surface area contributed by atoms with Gasteiger partial charge in [0.1, 0.15) is 5.75 Å². The Balaban J connectivity index is 1.79. The number of benzene rings is 2. The lowest BCUT2D eigenvalue weighted by molar-refractivity contribution is 0.340. The molecule has 0 heterocycles. The van der Waals surface area contributed by atoms with E-state index in [0.29, 0.717) is 12.6 Å². The second kappa shape index (κ2) is 5.58. The lowest BCUT2D eigenvalue weighted by Crippen LogP contribution is -2.08. The summed E-state index contributed by atoms with van der Waals surface area (Å²) in [6.07, 6.45) is 2.34. The highest BCUT2D eigenvalue weighted by atomic mass is 16.5. The van der Waals surface area contributed by atoms with Crippen molar-refractivity contribution in [2.45, 2.75) is 32.7 Å².